The quantitative estimate of drug-likeness (QED) is 0.885. The number of aromatic hydroxyl groups is 1. The van der Waals surface area contributed by atoms with Crippen LogP contribution in [0.2, 0.25) is 0 Å². The minimum atomic E-state index is -0.505. The lowest BCUT2D eigenvalue weighted by atomic mass is 10.0. The molecular formula is C18H21NO3S. The van der Waals surface area contributed by atoms with E-state index in [1.807, 2.05) is 28.5 Å². The first-order valence-electron chi connectivity index (χ1n) is 7.92. The molecule has 0 spiro atoms. The molecule has 2 N–H and O–H groups in total. The van der Waals surface area contributed by atoms with Crippen molar-refractivity contribution in [2.75, 3.05) is 6.54 Å². The molecule has 0 unspecified atom stereocenters. The van der Waals surface area contributed by atoms with Crippen LogP contribution < -0.4 is 0 Å². The smallest absolute Gasteiger partial charge is 0.227 e. The lowest BCUT2D eigenvalue weighted by Crippen LogP contribution is -2.37. The monoisotopic (exact) mass is 331 g/mol. The number of carbonyl (C=O) groups is 1. The molecule has 23 heavy (non-hydrogen) atoms. The Morgan fingerprint density at radius 1 is 1.35 bits per heavy atom. The van der Waals surface area contributed by atoms with Gasteiger partial charge in [0.1, 0.15) is 5.75 Å². The van der Waals surface area contributed by atoms with E-state index in [9.17, 15) is 15.0 Å². The van der Waals surface area contributed by atoms with E-state index >= 15 is 0 Å². The summed E-state index contributed by atoms with van der Waals surface area (Å²) in [6, 6.07) is 10.8. The predicted molar refractivity (Wildman–Crippen MR) is 90.4 cm³/mol. The van der Waals surface area contributed by atoms with Crippen LogP contribution in [-0.2, 0) is 11.2 Å². The van der Waals surface area contributed by atoms with E-state index in [0.717, 1.165) is 29.8 Å². The Morgan fingerprint density at radius 2 is 2.22 bits per heavy atom. The summed E-state index contributed by atoms with van der Waals surface area (Å²) in [5.74, 6) is 0.248. The van der Waals surface area contributed by atoms with Crippen LogP contribution in [0.15, 0.2) is 41.8 Å². The second-order valence-corrected chi connectivity index (χ2v) is 6.98. The number of hydrogen-bond donors (Lipinski definition) is 2. The fraction of sp³-hybridized carbons (Fsp3) is 0.389. The molecule has 1 amide bonds. The van der Waals surface area contributed by atoms with E-state index in [4.69, 9.17) is 0 Å². The van der Waals surface area contributed by atoms with Crippen LogP contribution in [-0.4, -0.2) is 33.6 Å². The van der Waals surface area contributed by atoms with Crippen LogP contribution >= 0.6 is 11.3 Å². The largest absolute Gasteiger partial charge is 0.508 e. The summed E-state index contributed by atoms with van der Waals surface area (Å²) in [4.78, 5) is 15.4. The summed E-state index contributed by atoms with van der Waals surface area (Å²) in [7, 11) is 0. The van der Waals surface area contributed by atoms with Crippen LogP contribution in [0, 0.1) is 0 Å². The fourth-order valence-corrected chi connectivity index (χ4v) is 3.93. The molecule has 0 radical (unpaired) electrons. The standard InChI is InChI=1S/C18H21NO3S/c20-15-6-1-4-13(10-15)11-18(22)19-8-2-5-14(19)12-16(21)17-7-3-9-23-17/h1,3-4,6-7,9-10,14,16,20-21H,2,5,8,11-12H2/t14-,16+/m1/s1. The number of amides is 1. The zero-order chi connectivity index (χ0) is 16.2. The summed E-state index contributed by atoms with van der Waals surface area (Å²) >= 11 is 1.55. The van der Waals surface area contributed by atoms with E-state index in [0.29, 0.717) is 12.8 Å². The van der Waals surface area contributed by atoms with Gasteiger partial charge in [-0.25, -0.2) is 0 Å². The summed E-state index contributed by atoms with van der Waals surface area (Å²) in [6.07, 6.45) is 2.29. The average Bonchev–Trinajstić information content (AvgIpc) is 3.18. The van der Waals surface area contributed by atoms with Gasteiger partial charge in [0.25, 0.3) is 0 Å². The Morgan fingerprint density at radius 3 is 2.96 bits per heavy atom. The van der Waals surface area contributed by atoms with Gasteiger partial charge in [-0.2, -0.15) is 0 Å². The van der Waals surface area contributed by atoms with Gasteiger partial charge in [-0.3, -0.25) is 4.79 Å². The second kappa shape index (κ2) is 7.15. The molecule has 1 aliphatic heterocycles. The zero-order valence-corrected chi connectivity index (χ0v) is 13.7. The highest BCUT2D eigenvalue weighted by molar-refractivity contribution is 7.10. The highest BCUT2D eigenvalue weighted by atomic mass is 32.1. The Bertz CT molecular complexity index is 656. The van der Waals surface area contributed by atoms with Crippen molar-refractivity contribution in [3.8, 4) is 5.75 Å². The molecule has 1 fully saturated rings. The summed E-state index contributed by atoms with van der Waals surface area (Å²) in [6.45, 7) is 0.749. The normalized spacial score (nSPS) is 19.0. The molecule has 2 heterocycles. The molecule has 1 aromatic carbocycles. The van der Waals surface area contributed by atoms with Crippen molar-refractivity contribution in [1.29, 1.82) is 0 Å². The van der Waals surface area contributed by atoms with Crippen LogP contribution in [0.1, 0.15) is 35.8 Å². The third kappa shape index (κ3) is 3.92. The number of aliphatic hydroxyl groups is 1. The number of nitrogens with zero attached hydrogens (tertiary/aromatic N) is 1. The molecule has 1 aliphatic rings. The van der Waals surface area contributed by atoms with Crippen LogP contribution in [0.25, 0.3) is 0 Å². The van der Waals surface area contributed by atoms with Crippen molar-refractivity contribution in [3.63, 3.8) is 0 Å². The minimum absolute atomic E-state index is 0.0662. The Kier molecular flexibility index (Phi) is 4.98. The number of phenolic OH excluding ortho intramolecular Hbond substituents is 1. The molecule has 0 aliphatic carbocycles. The van der Waals surface area contributed by atoms with Gasteiger partial charge in [-0.1, -0.05) is 18.2 Å². The van der Waals surface area contributed by atoms with Crippen molar-refractivity contribution in [1.82, 2.24) is 4.90 Å². The highest BCUT2D eigenvalue weighted by Crippen LogP contribution is 2.30. The van der Waals surface area contributed by atoms with E-state index < -0.39 is 6.10 Å². The minimum Gasteiger partial charge on any atom is -0.508 e. The maximum atomic E-state index is 12.6. The van der Waals surface area contributed by atoms with Crippen LogP contribution in [0.5, 0.6) is 5.75 Å². The topological polar surface area (TPSA) is 60.8 Å². The zero-order valence-electron chi connectivity index (χ0n) is 12.9. The van der Waals surface area contributed by atoms with Crippen LogP contribution in [0.3, 0.4) is 0 Å². The first-order valence-corrected chi connectivity index (χ1v) is 8.80. The van der Waals surface area contributed by atoms with Gasteiger partial charge >= 0.3 is 0 Å². The number of thiophene rings is 1. The van der Waals surface area contributed by atoms with Crippen molar-refractivity contribution >= 4 is 17.2 Å². The van der Waals surface area contributed by atoms with Gasteiger partial charge in [0.05, 0.1) is 12.5 Å². The lowest BCUT2D eigenvalue weighted by Gasteiger charge is -2.26. The van der Waals surface area contributed by atoms with Gasteiger partial charge < -0.3 is 15.1 Å². The molecule has 2 atom stereocenters. The van der Waals surface area contributed by atoms with Gasteiger partial charge in [-0.15, -0.1) is 11.3 Å². The molecule has 2 aromatic rings. The maximum Gasteiger partial charge on any atom is 0.227 e. The summed E-state index contributed by atoms with van der Waals surface area (Å²) in [5.41, 5.74) is 0.819. The number of aliphatic hydroxyl groups excluding tert-OH is 1. The van der Waals surface area contributed by atoms with Gasteiger partial charge in [0, 0.05) is 17.5 Å². The third-order valence-corrected chi connectivity index (χ3v) is 5.30. The van der Waals surface area contributed by atoms with Crippen molar-refractivity contribution < 1.29 is 15.0 Å². The van der Waals surface area contributed by atoms with Crippen molar-refractivity contribution in [2.45, 2.75) is 37.8 Å². The Hall–Kier alpha value is -1.85. The van der Waals surface area contributed by atoms with Gasteiger partial charge in [0.15, 0.2) is 0 Å². The molecular weight excluding hydrogens is 310 g/mol. The number of benzene rings is 1. The summed E-state index contributed by atoms with van der Waals surface area (Å²) in [5, 5.41) is 21.8. The number of phenols is 1. The van der Waals surface area contributed by atoms with Gasteiger partial charge in [-0.05, 0) is 48.4 Å². The first-order chi connectivity index (χ1) is 11.1. The third-order valence-electron chi connectivity index (χ3n) is 4.33. The molecule has 1 aromatic heterocycles. The molecule has 0 bridgehead atoms. The number of rotatable bonds is 5. The SMILES string of the molecule is O=C(Cc1cccc(O)c1)N1CCC[C@@H]1C[C@H](O)c1cccs1. The van der Waals surface area contributed by atoms with Crippen molar-refractivity contribution in [3.05, 3.63) is 52.2 Å². The predicted octanol–water partition coefficient (Wildman–Crippen LogP) is 3.11. The van der Waals surface area contributed by atoms with E-state index in [1.165, 1.54) is 0 Å². The molecule has 5 heteroatoms. The van der Waals surface area contributed by atoms with Crippen LogP contribution in [0.4, 0.5) is 0 Å². The van der Waals surface area contributed by atoms with E-state index in [1.54, 1.807) is 29.5 Å². The molecule has 0 saturated carbocycles. The summed E-state index contributed by atoms with van der Waals surface area (Å²) < 4.78 is 0. The lowest BCUT2D eigenvalue weighted by molar-refractivity contribution is -0.131. The fourth-order valence-electron chi connectivity index (χ4n) is 3.21. The highest BCUT2D eigenvalue weighted by Gasteiger charge is 2.30. The molecule has 1 saturated heterocycles. The molecule has 4 nitrogen and oxygen atoms in total. The second-order valence-electron chi connectivity index (χ2n) is 6.00. The molecule has 122 valence electrons. The van der Waals surface area contributed by atoms with Crippen molar-refractivity contribution in [2.24, 2.45) is 0 Å². The Balaban J connectivity index is 1.63. The van der Waals surface area contributed by atoms with Gasteiger partial charge in [0.2, 0.25) is 5.91 Å². The Labute approximate surface area is 140 Å². The molecule has 3 rings (SSSR count). The number of hydrogen-bond acceptors (Lipinski definition) is 4. The first kappa shape index (κ1) is 16.0. The number of likely N-dealkylation sites (tertiary alicyclic amines) is 1. The number of carbonyl (C=O) groups excluding carboxylic acids is 1. The average molecular weight is 331 g/mol. The van der Waals surface area contributed by atoms with E-state index in [2.05, 4.69) is 0 Å². The maximum absolute atomic E-state index is 12.6. The van der Waals surface area contributed by atoms with E-state index in [-0.39, 0.29) is 17.7 Å².